The number of aryl methyl sites for hydroxylation is 1. The molecule has 0 bridgehead atoms. The molecule has 150 valence electrons. The van der Waals surface area contributed by atoms with Gasteiger partial charge in [0.1, 0.15) is 11.5 Å². The molecular weight excluding hydrogens is 378 g/mol. The summed E-state index contributed by atoms with van der Waals surface area (Å²) in [5, 5.41) is 6.45. The molecule has 1 amide bonds. The highest BCUT2D eigenvalue weighted by atomic mass is 16.5. The highest BCUT2D eigenvalue weighted by molar-refractivity contribution is 6.08. The summed E-state index contributed by atoms with van der Waals surface area (Å²) in [6.07, 6.45) is 0. The molecule has 0 atom stereocenters. The first-order chi connectivity index (χ1) is 14.0. The average Bonchev–Trinajstić information content (AvgIpc) is 3.17. The predicted molar refractivity (Wildman–Crippen MR) is 102 cm³/mol. The van der Waals surface area contributed by atoms with Gasteiger partial charge in [0.25, 0.3) is 5.91 Å². The largest absolute Gasteiger partial charge is 0.497 e. The normalized spacial score (nSPS) is 10.3. The van der Waals surface area contributed by atoms with Crippen molar-refractivity contribution in [2.45, 2.75) is 13.5 Å². The number of rotatable bonds is 7. The minimum absolute atomic E-state index is 0.150. The topological polar surface area (TPSA) is 113 Å². The zero-order chi connectivity index (χ0) is 20.8. The van der Waals surface area contributed by atoms with E-state index in [-0.39, 0.29) is 18.1 Å². The fourth-order valence-corrected chi connectivity index (χ4v) is 2.48. The van der Waals surface area contributed by atoms with E-state index in [0.717, 1.165) is 0 Å². The molecular formula is C20H19N3O6. The fourth-order valence-electron chi connectivity index (χ4n) is 2.48. The van der Waals surface area contributed by atoms with E-state index in [4.69, 9.17) is 18.7 Å². The molecule has 0 saturated heterocycles. The summed E-state index contributed by atoms with van der Waals surface area (Å²) in [6.45, 7) is 1.84. The minimum Gasteiger partial charge on any atom is -0.497 e. The quantitative estimate of drug-likeness (QED) is 0.606. The van der Waals surface area contributed by atoms with Gasteiger partial charge >= 0.3 is 5.97 Å². The summed E-state index contributed by atoms with van der Waals surface area (Å²) in [5.41, 5.74) is 0.894. The van der Waals surface area contributed by atoms with Crippen LogP contribution in [0.1, 0.15) is 32.4 Å². The second-order valence-corrected chi connectivity index (χ2v) is 5.90. The molecule has 0 saturated carbocycles. The van der Waals surface area contributed by atoms with Gasteiger partial charge in [-0.1, -0.05) is 5.16 Å². The lowest BCUT2D eigenvalue weighted by molar-refractivity contribution is 0.0601. The Kier molecular flexibility index (Phi) is 6.08. The maximum Gasteiger partial charge on any atom is 0.340 e. The third-order valence-corrected chi connectivity index (χ3v) is 3.93. The van der Waals surface area contributed by atoms with E-state index in [9.17, 15) is 9.59 Å². The molecule has 9 heteroatoms. The summed E-state index contributed by atoms with van der Waals surface area (Å²) in [4.78, 5) is 28.6. The summed E-state index contributed by atoms with van der Waals surface area (Å²) in [7, 11) is 2.75. The molecule has 0 unspecified atom stereocenters. The number of nitrogens with one attached hydrogen (secondary N) is 1. The van der Waals surface area contributed by atoms with E-state index in [1.165, 1.54) is 20.3 Å². The SMILES string of the molecule is COC(=O)c1cc(OC)ccc1NC(=O)c1ccc(OCc2noc(C)n2)cc1. The van der Waals surface area contributed by atoms with Gasteiger partial charge in [0.05, 0.1) is 25.5 Å². The number of aromatic nitrogens is 2. The van der Waals surface area contributed by atoms with E-state index < -0.39 is 5.97 Å². The highest BCUT2D eigenvalue weighted by Crippen LogP contribution is 2.24. The van der Waals surface area contributed by atoms with Gasteiger partial charge in [0, 0.05) is 12.5 Å². The van der Waals surface area contributed by atoms with Crippen LogP contribution in [0.4, 0.5) is 5.69 Å². The van der Waals surface area contributed by atoms with Gasteiger partial charge in [-0.25, -0.2) is 4.79 Å². The summed E-state index contributed by atoms with van der Waals surface area (Å²) in [5.74, 6) is 0.936. The molecule has 1 N–H and O–H groups in total. The first-order valence-electron chi connectivity index (χ1n) is 8.60. The highest BCUT2D eigenvalue weighted by Gasteiger charge is 2.16. The zero-order valence-corrected chi connectivity index (χ0v) is 16.1. The van der Waals surface area contributed by atoms with E-state index >= 15 is 0 Å². The Morgan fingerprint density at radius 3 is 2.41 bits per heavy atom. The van der Waals surface area contributed by atoms with Crippen LogP contribution in [-0.2, 0) is 11.3 Å². The lowest BCUT2D eigenvalue weighted by Crippen LogP contribution is -2.15. The van der Waals surface area contributed by atoms with Gasteiger partial charge < -0.3 is 24.1 Å². The summed E-state index contributed by atoms with van der Waals surface area (Å²) < 4.78 is 20.3. The molecule has 0 fully saturated rings. The second-order valence-electron chi connectivity index (χ2n) is 5.90. The number of nitrogens with zero attached hydrogens (tertiary/aromatic N) is 2. The summed E-state index contributed by atoms with van der Waals surface area (Å²) in [6, 6.07) is 11.2. The van der Waals surface area contributed by atoms with Crippen molar-refractivity contribution in [2.75, 3.05) is 19.5 Å². The van der Waals surface area contributed by atoms with Crippen molar-refractivity contribution in [3.63, 3.8) is 0 Å². The Balaban J connectivity index is 1.68. The number of carbonyl (C=O) groups excluding carboxylic acids is 2. The number of carbonyl (C=O) groups is 2. The number of benzene rings is 2. The van der Waals surface area contributed by atoms with Crippen LogP contribution < -0.4 is 14.8 Å². The Hall–Kier alpha value is -3.88. The molecule has 2 aromatic carbocycles. The van der Waals surface area contributed by atoms with Crippen molar-refractivity contribution < 1.29 is 28.3 Å². The Morgan fingerprint density at radius 2 is 1.79 bits per heavy atom. The molecule has 0 aliphatic carbocycles. The minimum atomic E-state index is -0.584. The number of amides is 1. The number of hydrogen-bond acceptors (Lipinski definition) is 8. The number of anilines is 1. The lowest BCUT2D eigenvalue weighted by Gasteiger charge is -2.12. The molecule has 9 nitrogen and oxygen atoms in total. The third kappa shape index (κ3) is 4.89. The van der Waals surface area contributed by atoms with Crippen molar-refractivity contribution >= 4 is 17.6 Å². The van der Waals surface area contributed by atoms with Gasteiger partial charge in [0.15, 0.2) is 6.61 Å². The second kappa shape index (κ2) is 8.87. The molecule has 3 rings (SSSR count). The van der Waals surface area contributed by atoms with Crippen molar-refractivity contribution in [3.8, 4) is 11.5 Å². The molecule has 1 aromatic heterocycles. The zero-order valence-electron chi connectivity index (χ0n) is 16.1. The van der Waals surface area contributed by atoms with Crippen LogP contribution in [-0.4, -0.2) is 36.2 Å². The Labute approximate surface area is 166 Å². The van der Waals surface area contributed by atoms with Crippen LogP contribution in [0.25, 0.3) is 0 Å². The van der Waals surface area contributed by atoms with Crippen molar-refractivity contribution in [3.05, 3.63) is 65.3 Å². The van der Waals surface area contributed by atoms with Gasteiger partial charge in [-0.15, -0.1) is 0 Å². The molecule has 0 aliphatic rings. The molecule has 1 heterocycles. The average molecular weight is 397 g/mol. The van der Waals surface area contributed by atoms with Crippen LogP contribution in [0, 0.1) is 6.92 Å². The van der Waals surface area contributed by atoms with Crippen LogP contribution in [0.3, 0.4) is 0 Å². The van der Waals surface area contributed by atoms with E-state index in [0.29, 0.717) is 34.5 Å². The fraction of sp³-hybridized carbons (Fsp3) is 0.200. The third-order valence-electron chi connectivity index (χ3n) is 3.93. The van der Waals surface area contributed by atoms with E-state index in [1.54, 1.807) is 43.3 Å². The van der Waals surface area contributed by atoms with E-state index in [2.05, 4.69) is 15.5 Å². The Morgan fingerprint density at radius 1 is 1.07 bits per heavy atom. The molecule has 29 heavy (non-hydrogen) atoms. The predicted octanol–water partition coefficient (Wildman–Crippen LogP) is 3.00. The van der Waals surface area contributed by atoms with Crippen LogP contribution in [0.2, 0.25) is 0 Å². The molecule has 0 aliphatic heterocycles. The van der Waals surface area contributed by atoms with E-state index in [1.807, 2.05) is 0 Å². The number of hydrogen-bond donors (Lipinski definition) is 1. The van der Waals surface area contributed by atoms with Crippen molar-refractivity contribution in [1.29, 1.82) is 0 Å². The lowest BCUT2D eigenvalue weighted by atomic mass is 10.1. The van der Waals surface area contributed by atoms with Crippen LogP contribution >= 0.6 is 0 Å². The number of ether oxygens (including phenoxy) is 3. The maximum atomic E-state index is 12.6. The first kappa shape index (κ1) is 19.9. The van der Waals surface area contributed by atoms with Gasteiger partial charge in [0.2, 0.25) is 11.7 Å². The van der Waals surface area contributed by atoms with Crippen molar-refractivity contribution in [2.24, 2.45) is 0 Å². The molecule has 0 spiro atoms. The van der Waals surface area contributed by atoms with Gasteiger partial charge in [-0.2, -0.15) is 4.98 Å². The Bertz CT molecular complexity index is 1010. The maximum absolute atomic E-state index is 12.6. The standard InChI is InChI=1S/C20H19N3O6/c1-12-21-18(23-29-12)11-28-14-6-4-13(5-7-14)19(24)22-17-9-8-15(26-2)10-16(17)20(25)27-3/h4-10H,11H2,1-3H3,(H,22,24). The van der Waals surface area contributed by atoms with Crippen LogP contribution in [0.15, 0.2) is 47.0 Å². The monoisotopic (exact) mass is 397 g/mol. The summed E-state index contributed by atoms with van der Waals surface area (Å²) >= 11 is 0. The smallest absolute Gasteiger partial charge is 0.340 e. The molecule has 3 aromatic rings. The molecule has 0 radical (unpaired) electrons. The van der Waals surface area contributed by atoms with Crippen LogP contribution in [0.5, 0.6) is 11.5 Å². The first-order valence-corrected chi connectivity index (χ1v) is 8.60. The van der Waals surface area contributed by atoms with Gasteiger partial charge in [-0.3, -0.25) is 4.79 Å². The number of esters is 1. The van der Waals surface area contributed by atoms with Gasteiger partial charge in [-0.05, 0) is 42.5 Å². The number of methoxy groups -OCH3 is 2. The van der Waals surface area contributed by atoms with Crippen molar-refractivity contribution in [1.82, 2.24) is 10.1 Å².